The summed E-state index contributed by atoms with van der Waals surface area (Å²) in [6.45, 7) is 7.01. The van der Waals surface area contributed by atoms with E-state index < -0.39 is 9.84 Å². The molecule has 0 N–H and O–H groups in total. The number of benzene rings is 1. The highest BCUT2D eigenvalue weighted by Crippen LogP contribution is 2.26. The zero-order chi connectivity index (χ0) is 14.9. The minimum atomic E-state index is -3.24. The Morgan fingerprint density at radius 1 is 1.25 bits per heavy atom. The lowest BCUT2D eigenvalue weighted by atomic mass is 10.2. The van der Waals surface area contributed by atoms with E-state index in [1.54, 1.807) is 18.2 Å². The minimum absolute atomic E-state index is 0.278. The fourth-order valence-corrected chi connectivity index (χ4v) is 2.89. The first-order valence-electron chi connectivity index (χ1n) is 6.56. The van der Waals surface area contributed by atoms with Gasteiger partial charge in [-0.25, -0.2) is 18.4 Å². The van der Waals surface area contributed by atoms with Crippen LogP contribution in [0.1, 0.15) is 20.8 Å². The predicted octanol–water partition coefficient (Wildman–Crippen LogP) is 2.27. The lowest BCUT2D eigenvalue weighted by molar-refractivity contribution is 0.602. The van der Waals surface area contributed by atoms with Gasteiger partial charge in [0, 0.05) is 24.2 Å². The van der Waals surface area contributed by atoms with E-state index in [1.807, 2.05) is 6.92 Å². The molecule has 0 aliphatic carbocycles. The Kier molecular flexibility index (Phi) is 3.94. The van der Waals surface area contributed by atoms with Gasteiger partial charge in [-0.1, -0.05) is 0 Å². The van der Waals surface area contributed by atoms with Crippen LogP contribution in [0.25, 0.3) is 10.9 Å². The zero-order valence-corrected chi connectivity index (χ0v) is 13.0. The summed E-state index contributed by atoms with van der Waals surface area (Å²) in [5.41, 5.74) is 0.751. The molecule has 20 heavy (non-hydrogen) atoms. The van der Waals surface area contributed by atoms with E-state index in [4.69, 9.17) is 0 Å². The minimum Gasteiger partial charge on any atom is -0.354 e. The summed E-state index contributed by atoms with van der Waals surface area (Å²) in [5, 5.41) is 0.769. The molecule has 0 spiro atoms. The second-order valence-electron chi connectivity index (χ2n) is 5.03. The van der Waals surface area contributed by atoms with Crippen molar-refractivity contribution in [2.24, 2.45) is 0 Å². The lowest BCUT2D eigenvalue weighted by Crippen LogP contribution is -2.31. The van der Waals surface area contributed by atoms with E-state index in [1.165, 1.54) is 12.6 Å². The van der Waals surface area contributed by atoms with Crippen LogP contribution in [0.5, 0.6) is 0 Å². The number of sulfone groups is 1. The molecule has 0 unspecified atom stereocenters. The van der Waals surface area contributed by atoms with Gasteiger partial charge in [0.1, 0.15) is 12.1 Å². The van der Waals surface area contributed by atoms with Gasteiger partial charge in [0.25, 0.3) is 0 Å². The molecule has 0 aliphatic heterocycles. The van der Waals surface area contributed by atoms with E-state index in [2.05, 4.69) is 28.7 Å². The van der Waals surface area contributed by atoms with Crippen LogP contribution in [0.2, 0.25) is 0 Å². The number of aromatic nitrogens is 2. The molecule has 1 aromatic heterocycles. The van der Waals surface area contributed by atoms with Crippen molar-refractivity contribution in [2.75, 3.05) is 17.7 Å². The Bertz CT molecular complexity index is 726. The number of hydrogen-bond acceptors (Lipinski definition) is 5. The van der Waals surface area contributed by atoms with Gasteiger partial charge in [0.15, 0.2) is 9.84 Å². The molecule has 0 saturated carbocycles. The SMILES string of the molecule is CCN(c1ncnc2ccc(S(C)(=O)=O)cc12)C(C)C. The van der Waals surface area contributed by atoms with Gasteiger partial charge in [0.05, 0.1) is 10.4 Å². The highest BCUT2D eigenvalue weighted by atomic mass is 32.2. The third-order valence-corrected chi connectivity index (χ3v) is 4.36. The van der Waals surface area contributed by atoms with Gasteiger partial charge in [-0.3, -0.25) is 0 Å². The van der Waals surface area contributed by atoms with Crippen molar-refractivity contribution in [2.45, 2.75) is 31.7 Å². The van der Waals surface area contributed by atoms with Crippen LogP contribution >= 0.6 is 0 Å². The molecule has 1 aromatic carbocycles. The molecule has 2 aromatic rings. The zero-order valence-electron chi connectivity index (χ0n) is 12.2. The van der Waals surface area contributed by atoms with Crippen LogP contribution in [0.15, 0.2) is 29.4 Å². The fourth-order valence-electron chi connectivity index (χ4n) is 2.24. The maximum atomic E-state index is 11.7. The average molecular weight is 293 g/mol. The molecule has 6 heteroatoms. The molecule has 1 heterocycles. The molecule has 108 valence electrons. The fraction of sp³-hybridized carbons (Fsp3) is 0.429. The standard InChI is InChI=1S/C14H19N3O2S/c1-5-17(10(2)3)14-12-8-11(20(4,18)19)6-7-13(12)15-9-16-14/h6-10H,5H2,1-4H3. The van der Waals surface area contributed by atoms with Crippen molar-refractivity contribution in [1.82, 2.24) is 9.97 Å². The van der Waals surface area contributed by atoms with Crippen molar-refractivity contribution < 1.29 is 8.42 Å². The Balaban J connectivity index is 2.72. The maximum Gasteiger partial charge on any atom is 0.175 e. The largest absolute Gasteiger partial charge is 0.354 e. The Hall–Kier alpha value is -1.69. The van der Waals surface area contributed by atoms with Crippen molar-refractivity contribution >= 4 is 26.6 Å². The first-order chi connectivity index (χ1) is 9.34. The predicted molar refractivity (Wildman–Crippen MR) is 80.8 cm³/mol. The van der Waals surface area contributed by atoms with Gasteiger partial charge >= 0.3 is 0 Å². The summed E-state index contributed by atoms with van der Waals surface area (Å²) < 4.78 is 23.4. The van der Waals surface area contributed by atoms with Crippen LogP contribution in [0.3, 0.4) is 0 Å². The summed E-state index contributed by atoms with van der Waals surface area (Å²) in [5.74, 6) is 0.776. The van der Waals surface area contributed by atoms with Gasteiger partial charge in [-0.05, 0) is 39.0 Å². The molecule has 2 rings (SSSR count). The van der Waals surface area contributed by atoms with E-state index in [0.717, 1.165) is 23.3 Å². The Morgan fingerprint density at radius 2 is 1.95 bits per heavy atom. The van der Waals surface area contributed by atoms with Gasteiger partial charge in [-0.15, -0.1) is 0 Å². The summed E-state index contributed by atoms with van der Waals surface area (Å²) >= 11 is 0. The quantitative estimate of drug-likeness (QED) is 0.865. The summed E-state index contributed by atoms with van der Waals surface area (Å²) in [6, 6.07) is 5.25. The normalized spacial score (nSPS) is 12.1. The Labute approximate surface area is 119 Å². The smallest absolute Gasteiger partial charge is 0.175 e. The Morgan fingerprint density at radius 3 is 2.50 bits per heavy atom. The van der Waals surface area contributed by atoms with Gasteiger partial charge < -0.3 is 4.90 Å². The molecular formula is C14H19N3O2S. The van der Waals surface area contributed by atoms with Crippen LogP contribution in [0, 0.1) is 0 Å². The first kappa shape index (κ1) is 14.7. The summed E-state index contributed by atoms with van der Waals surface area (Å²) in [4.78, 5) is 11.0. The molecule has 5 nitrogen and oxygen atoms in total. The lowest BCUT2D eigenvalue weighted by Gasteiger charge is -2.27. The number of anilines is 1. The van der Waals surface area contributed by atoms with Crippen molar-refractivity contribution in [3.8, 4) is 0 Å². The number of nitrogens with zero attached hydrogens (tertiary/aromatic N) is 3. The molecule has 0 atom stereocenters. The third-order valence-electron chi connectivity index (χ3n) is 3.25. The van der Waals surface area contributed by atoms with Crippen LogP contribution in [-0.2, 0) is 9.84 Å². The number of hydrogen-bond donors (Lipinski definition) is 0. The molecule has 0 aliphatic rings. The average Bonchev–Trinajstić information content (AvgIpc) is 2.37. The molecular weight excluding hydrogens is 274 g/mol. The topological polar surface area (TPSA) is 63.2 Å². The first-order valence-corrected chi connectivity index (χ1v) is 8.45. The maximum absolute atomic E-state index is 11.7. The second kappa shape index (κ2) is 5.36. The highest BCUT2D eigenvalue weighted by molar-refractivity contribution is 7.90. The van der Waals surface area contributed by atoms with Gasteiger partial charge in [-0.2, -0.15) is 0 Å². The molecule has 0 saturated heterocycles. The summed E-state index contributed by atoms with van der Waals surface area (Å²) in [6.07, 6.45) is 2.72. The molecule has 0 radical (unpaired) electrons. The number of fused-ring (bicyclic) bond motifs is 1. The number of rotatable bonds is 4. The summed E-state index contributed by atoms with van der Waals surface area (Å²) in [7, 11) is -3.24. The molecule has 0 fully saturated rings. The van der Waals surface area contributed by atoms with E-state index in [0.29, 0.717) is 4.90 Å². The van der Waals surface area contributed by atoms with E-state index in [9.17, 15) is 8.42 Å². The van der Waals surface area contributed by atoms with Gasteiger partial charge in [0.2, 0.25) is 0 Å². The van der Waals surface area contributed by atoms with Crippen LogP contribution in [0.4, 0.5) is 5.82 Å². The monoisotopic (exact) mass is 293 g/mol. The van der Waals surface area contributed by atoms with Crippen LogP contribution in [-0.4, -0.2) is 37.2 Å². The second-order valence-corrected chi connectivity index (χ2v) is 7.04. The van der Waals surface area contributed by atoms with Crippen molar-refractivity contribution in [3.05, 3.63) is 24.5 Å². The van der Waals surface area contributed by atoms with E-state index in [-0.39, 0.29) is 6.04 Å². The van der Waals surface area contributed by atoms with Crippen molar-refractivity contribution in [1.29, 1.82) is 0 Å². The third kappa shape index (κ3) is 2.75. The molecule has 0 bridgehead atoms. The van der Waals surface area contributed by atoms with E-state index >= 15 is 0 Å². The van der Waals surface area contributed by atoms with Crippen molar-refractivity contribution in [3.63, 3.8) is 0 Å². The highest BCUT2D eigenvalue weighted by Gasteiger charge is 2.16. The van der Waals surface area contributed by atoms with Crippen LogP contribution < -0.4 is 4.90 Å². The molecule has 0 amide bonds.